The van der Waals surface area contributed by atoms with Gasteiger partial charge in [0, 0.05) is 21.3 Å². The summed E-state index contributed by atoms with van der Waals surface area (Å²) in [7, 11) is 0. The summed E-state index contributed by atoms with van der Waals surface area (Å²) in [5.74, 6) is 0.581. The highest BCUT2D eigenvalue weighted by Gasteiger charge is 2.10. The summed E-state index contributed by atoms with van der Waals surface area (Å²) < 4.78 is 0.923. The molecule has 2 rings (SSSR count). The number of nitriles is 1. The van der Waals surface area contributed by atoms with Gasteiger partial charge in [0.15, 0.2) is 5.82 Å². The molecule has 0 saturated carbocycles. The summed E-state index contributed by atoms with van der Waals surface area (Å²) in [6, 6.07) is 9.81. The Bertz CT molecular complexity index is 615. The van der Waals surface area contributed by atoms with Crippen LogP contribution < -0.4 is 0 Å². The van der Waals surface area contributed by atoms with E-state index in [1.54, 1.807) is 0 Å². The molecule has 0 amide bonds. The predicted octanol–water partition coefficient (Wildman–Crippen LogP) is 3.39. The molecular weight excluding hydrogens is 278 g/mol. The van der Waals surface area contributed by atoms with Crippen molar-refractivity contribution in [2.45, 2.75) is 13.8 Å². The molecule has 3 nitrogen and oxygen atoms in total. The van der Waals surface area contributed by atoms with E-state index in [2.05, 4.69) is 32.0 Å². The lowest BCUT2D eigenvalue weighted by atomic mass is 10.1. The number of benzene rings is 1. The Kier molecular flexibility index (Phi) is 3.21. The zero-order chi connectivity index (χ0) is 12.4. The maximum Gasteiger partial charge on any atom is 0.162 e. The van der Waals surface area contributed by atoms with Gasteiger partial charge in [-0.15, -0.1) is 0 Å². The summed E-state index contributed by atoms with van der Waals surface area (Å²) >= 11 is 3.46. The summed E-state index contributed by atoms with van der Waals surface area (Å²) in [4.78, 5) is 8.70. The first-order chi connectivity index (χ1) is 8.13. The van der Waals surface area contributed by atoms with Crippen molar-refractivity contribution >= 4 is 15.9 Å². The van der Waals surface area contributed by atoms with Gasteiger partial charge in [-0.05, 0) is 19.9 Å². The molecule has 1 aromatic heterocycles. The molecule has 0 aliphatic carbocycles. The number of rotatable bonds is 1. The number of aromatic nitrogens is 2. The molecule has 1 heterocycles. The maximum absolute atomic E-state index is 9.03. The van der Waals surface area contributed by atoms with Crippen LogP contribution in [-0.2, 0) is 0 Å². The topological polar surface area (TPSA) is 49.6 Å². The second kappa shape index (κ2) is 4.64. The molecular formula is C13H10BrN3. The molecule has 0 saturated heterocycles. The highest BCUT2D eigenvalue weighted by atomic mass is 79.9. The molecule has 0 atom stereocenters. The zero-order valence-corrected chi connectivity index (χ0v) is 11.1. The van der Waals surface area contributed by atoms with E-state index < -0.39 is 0 Å². The van der Waals surface area contributed by atoms with Crippen molar-refractivity contribution in [3.63, 3.8) is 0 Å². The predicted molar refractivity (Wildman–Crippen MR) is 69.4 cm³/mol. The Morgan fingerprint density at radius 3 is 2.53 bits per heavy atom. The zero-order valence-electron chi connectivity index (χ0n) is 9.53. The van der Waals surface area contributed by atoms with Gasteiger partial charge >= 0.3 is 0 Å². The van der Waals surface area contributed by atoms with Gasteiger partial charge in [0.1, 0.15) is 11.8 Å². The highest BCUT2D eigenvalue weighted by Crippen LogP contribution is 2.26. The van der Waals surface area contributed by atoms with Crippen LogP contribution in [0.3, 0.4) is 0 Å². The number of aryl methyl sites for hydroxylation is 1. The van der Waals surface area contributed by atoms with Crippen molar-refractivity contribution in [1.82, 2.24) is 9.97 Å². The lowest BCUT2D eigenvalue weighted by Gasteiger charge is -2.07. The minimum absolute atomic E-state index is 0.434. The average molecular weight is 288 g/mol. The largest absolute Gasteiger partial charge is 0.233 e. The van der Waals surface area contributed by atoms with Crippen molar-refractivity contribution in [1.29, 1.82) is 5.26 Å². The van der Waals surface area contributed by atoms with Crippen molar-refractivity contribution in [2.24, 2.45) is 0 Å². The van der Waals surface area contributed by atoms with Crippen LogP contribution in [0.5, 0.6) is 0 Å². The van der Waals surface area contributed by atoms with Crippen LogP contribution in [0.15, 0.2) is 28.7 Å². The van der Waals surface area contributed by atoms with E-state index >= 15 is 0 Å². The molecule has 0 bridgehead atoms. The van der Waals surface area contributed by atoms with E-state index in [1.165, 1.54) is 0 Å². The fourth-order valence-corrected chi connectivity index (χ4v) is 1.96. The minimum Gasteiger partial charge on any atom is -0.233 e. The van der Waals surface area contributed by atoms with Crippen molar-refractivity contribution in [3.8, 4) is 17.5 Å². The van der Waals surface area contributed by atoms with Gasteiger partial charge in [-0.25, -0.2) is 9.97 Å². The third-order valence-electron chi connectivity index (χ3n) is 2.61. The van der Waals surface area contributed by atoms with Crippen LogP contribution in [-0.4, -0.2) is 9.97 Å². The molecule has 0 N–H and O–H groups in total. The normalized spacial score (nSPS) is 10.0. The van der Waals surface area contributed by atoms with Gasteiger partial charge in [-0.3, -0.25) is 0 Å². The van der Waals surface area contributed by atoms with Gasteiger partial charge in [0.05, 0.1) is 0 Å². The fourth-order valence-electron chi connectivity index (χ4n) is 1.50. The molecule has 0 radical (unpaired) electrons. The molecule has 0 aliphatic heterocycles. The van der Waals surface area contributed by atoms with Gasteiger partial charge in [0.25, 0.3) is 0 Å². The first-order valence-electron chi connectivity index (χ1n) is 5.13. The van der Waals surface area contributed by atoms with Crippen LogP contribution in [0.25, 0.3) is 11.4 Å². The Labute approximate surface area is 108 Å². The van der Waals surface area contributed by atoms with E-state index in [4.69, 9.17) is 5.26 Å². The summed E-state index contributed by atoms with van der Waals surface area (Å²) in [5.41, 5.74) is 3.00. The van der Waals surface area contributed by atoms with Gasteiger partial charge in [-0.2, -0.15) is 5.26 Å². The fraction of sp³-hybridized carbons (Fsp3) is 0.154. The monoisotopic (exact) mass is 287 g/mol. The number of nitrogens with zero attached hydrogens (tertiary/aromatic N) is 3. The van der Waals surface area contributed by atoms with Crippen molar-refractivity contribution in [2.75, 3.05) is 0 Å². The summed E-state index contributed by atoms with van der Waals surface area (Å²) in [6.45, 7) is 3.75. The molecule has 0 aliphatic rings. The summed E-state index contributed by atoms with van der Waals surface area (Å²) in [6.07, 6.45) is 0. The average Bonchev–Trinajstić information content (AvgIpc) is 2.33. The molecule has 0 spiro atoms. The van der Waals surface area contributed by atoms with E-state index in [9.17, 15) is 0 Å². The Morgan fingerprint density at radius 1 is 1.18 bits per heavy atom. The molecule has 0 fully saturated rings. The van der Waals surface area contributed by atoms with Gasteiger partial charge < -0.3 is 0 Å². The number of hydrogen-bond donors (Lipinski definition) is 0. The smallest absolute Gasteiger partial charge is 0.162 e. The molecule has 0 unspecified atom stereocenters. The molecule has 84 valence electrons. The van der Waals surface area contributed by atoms with E-state index in [0.29, 0.717) is 11.5 Å². The number of hydrogen-bond acceptors (Lipinski definition) is 3. The number of halogens is 1. The van der Waals surface area contributed by atoms with E-state index in [0.717, 1.165) is 21.3 Å². The maximum atomic E-state index is 9.03. The molecule has 4 heteroatoms. The second-order valence-corrected chi connectivity index (χ2v) is 4.55. The standard InChI is InChI=1S/C13H10BrN3/c1-8-9(2)16-13(17-12(8)7-15)10-5-3-4-6-11(10)14/h3-6H,1-2H3. The van der Waals surface area contributed by atoms with Crippen LogP contribution in [0.1, 0.15) is 17.0 Å². The van der Waals surface area contributed by atoms with E-state index in [-0.39, 0.29) is 0 Å². The molecule has 1 aromatic carbocycles. The highest BCUT2D eigenvalue weighted by molar-refractivity contribution is 9.10. The van der Waals surface area contributed by atoms with Crippen LogP contribution >= 0.6 is 15.9 Å². The van der Waals surface area contributed by atoms with Crippen molar-refractivity contribution in [3.05, 3.63) is 45.7 Å². The van der Waals surface area contributed by atoms with Gasteiger partial charge in [0.2, 0.25) is 0 Å². The first-order valence-corrected chi connectivity index (χ1v) is 5.93. The Balaban J connectivity index is 2.67. The van der Waals surface area contributed by atoms with Crippen LogP contribution in [0, 0.1) is 25.2 Å². The third kappa shape index (κ3) is 2.20. The quantitative estimate of drug-likeness (QED) is 0.808. The van der Waals surface area contributed by atoms with E-state index in [1.807, 2.05) is 38.1 Å². The lowest BCUT2D eigenvalue weighted by Crippen LogP contribution is -2.00. The second-order valence-electron chi connectivity index (χ2n) is 3.70. The first kappa shape index (κ1) is 11.7. The van der Waals surface area contributed by atoms with Gasteiger partial charge in [-0.1, -0.05) is 34.1 Å². The Hall–Kier alpha value is -1.73. The summed E-state index contributed by atoms with van der Waals surface area (Å²) in [5, 5.41) is 9.03. The molecule has 2 aromatic rings. The Morgan fingerprint density at radius 2 is 1.88 bits per heavy atom. The van der Waals surface area contributed by atoms with Crippen LogP contribution in [0.2, 0.25) is 0 Å². The van der Waals surface area contributed by atoms with Crippen LogP contribution in [0.4, 0.5) is 0 Å². The molecule has 17 heavy (non-hydrogen) atoms. The minimum atomic E-state index is 0.434. The third-order valence-corrected chi connectivity index (χ3v) is 3.30. The SMILES string of the molecule is Cc1nc(-c2ccccc2Br)nc(C#N)c1C. The lowest BCUT2D eigenvalue weighted by molar-refractivity contribution is 1.05. The van der Waals surface area contributed by atoms with Crippen molar-refractivity contribution < 1.29 is 0 Å².